The van der Waals surface area contributed by atoms with Crippen molar-refractivity contribution in [3.05, 3.63) is 53.1 Å². The molecular weight excluding hydrogens is 224 g/mol. The Hall–Kier alpha value is -1.67. The first kappa shape index (κ1) is 10.8. The van der Waals surface area contributed by atoms with Crippen molar-refractivity contribution in [3.63, 3.8) is 0 Å². The molecule has 2 aromatic rings. The Balaban J connectivity index is 2.31. The lowest BCUT2D eigenvalue weighted by Gasteiger charge is -2.09. The highest BCUT2D eigenvalue weighted by molar-refractivity contribution is 6.32. The second-order valence-corrected chi connectivity index (χ2v) is 3.91. The van der Waals surface area contributed by atoms with Crippen LogP contribution in [0.2, 0.25) is 5.02 Å². The molecule has 2 nitrogen and oxygen atoms in total. The van der Waals surface area contributed by atoms with E-state index in [2.05, 4.69) is 0 Å². The molecule has 0 spiro atoms. The van der Waals surface area contributed by atoms with Gasteiger partial charge in [-0.25, -0.2) is 0 Å². The van der Waals surface area contributed by atoms with Crippen molar-refractivity contribution < 1.29 is 9.84 Å². The first-order valence-electron chi connectivity index (χ1n) is 4.89. The van der Waals surface area contributed by atoms with Crippen LogP contribution in [0.3, 0.4) is 0 Å². The summed E-state index contributed by atoms with van der Waals surface area (Å²) in [5.74, 6) is 1.03. The number of para-hydroxylation sites is 2. The fourth-order valence-electron chi connectivity index (χ4n) is 1.35. The summed E-state index contributed by atoms with van der Waals surface area (Å²) in [7, 11) is 0. The van der Waals surface area contributed by atoms with Crippen molar-refractivity contribution in [1.82, 2.24) is 0 Å². The van der Waals surface area contributed by atoms with Crippen molar-refractivity contribution in [2.24, 2.45) is 0 Å². The van der Waals surface area contributed by atoms with Crippen LogP contribution in [0.4, 0.5) is 0 Å². The maximum absolute atomic E-state index is 9.55. The highest BCUT2D eigenvalue weighted by Gasteiger charge is 2.06. The smallest absolute Gasteiger partial charge is 0.169 e. The van der Waals surface area contributed by atoms with Gasteiger partial charge >= 0.3 is 0 Å². The number of halogens is 1. The van der Waals surface area contributed by atoms with Crippen LogP contribution in [0.25, 0.3) is 0 Å². The first-order chi connectivity index (χ1) is 7.66. The number of aryl methyl sites for hydroxylation is 1. The van der Waals surface area contributed by atoms with E-state index in [1.54, 1.807) is 30.3 Å². The maximum Gasteiger partial charge on any atom is 0.169 e. The van der Waals surface area contributed by atoms with Gasteiger partial charge in [-0.3, -0.25) is 0 Å². The van der Waals surface area contributed by atoms with Gasteiger partial charge in [-0.2, -0.15) is 0 Å². The van der Waals surface area contributed by atoms with Crippen molar-refractivity contribution in [2.45, 2.75) is 6.92 Å². The predicted molar refractivity (Wildman–Crippen MR) is 64.4 cm³/mol. The third kappa shape index (κ3) is 2.28. The van der Waals surface area contributed by atoms with Gasteiger partial charge in [0.15, 0.2) is 11.5 Å². The second kappa shape index (κ2) is 4.45. The summed E-state index contributed by atoms with van der Waals surface area (Å²) in [5, 5.41) is 10.1. The Morgan fingerprint density at radius 2 is 1.81 bits per heavy atom. The van der Waals surface area contributed by atoms with Gasteiger partial charge in [0, 0.05) is 0 Å². The van der Waals surface area contributed by atoms with Crippen LogP contribution >= 0.6 is 11.6 Å². The molecule has 0 aliphatic rings. The van der Waals surface area contributed by atoms with Gasteiger partial charge in [-0.1, -0.05) is 29.8 Å². The summed E-state index contributed by atoms with van der Waals surface area (Å²) in [6, 6.07) is 12.3. The molecule has 0 amide bonds. The Bertz CT molecular complexity index is 509. The van der Waals surface area contributed by atoms with E-state index in [1.165, 1.54) is 0 Å². The number of benzene rings is 2. The minimum absolute atomic E-state index is 0.0964. The molecule has 0 unspecified atom stereocenters. The zero-order valence-electron chi connectivity index (χ0n) is 8.77. The monoisotopic (exact) mass is 234 g/mol. The fraction of sp³-hybridized carbons (Fsp3) is 0.0769. The molecule has 16 heavy (non-hydrogen) atoms. The number of rotatable bonds is 2. The molecule has 0 radical (unpaired) electrons. The Morgan fingerprint density at radius 3 is 2.50 bits per heavy atom. The lowest BCUT2D eigenvalue weighted by Crippen LogP contribution is -1.86. The number of aromatic hydroxyl groups is 1. The maximum atomic E-state index is 9.55. The second-order valence-electron chi connectivity index (χ2n) is 3.50. The van der Waals surface area contributed by atoms with Gasteiger partial charge in [0.2, 0.25) is 0 Å². The molecule has 0 saturated carbocycles. The fourth-order valence-corrected chi connectivity index (χ4v) is 1.62. The minimum Gasteiger partial charge on any atom is -0.504 e. The molecule has 3 heteroatoms. The number of hydrogen-bond donors (Lipinski definition) is 1. The van der Waals surface area contributed by atoms with E-state index in [0.717, 1.165) is 5.56 Å². The molecule has 0 bridgehead atoms. The predicted octanol–water partition coefficient (Wildman–Crippen LogP) is 4.15. The van der Waals surface area contributed by atoms with Crippen molar-refractivity contribution in [2.75, 3.05) is 0 Å². The number of hydrogen-bond acceptors (Lipinski definition) is 2. The third-order valence-corrected chi connectivity index (χ3v) is 2.47. The van der Waals surface area contributed by atoms with Gasteiger partial charge in [-0.15, -0.1) is 0 Å². The largest absolute Gasteiger partial charge is 0.504 e. The zero-order chi connectivity index (χ0) is 11.5. The zero-order valence-corrected chi connectivity index (χ0v) is 9.53. The molecule has 0 saturated heterocycles. The van der Waals surface area contributed by atoms with E-state index in [1.807, 2.05) is 19.1 Å². The average molecular weight is 235 g/mol. The van der Waals surface area contributed by atoms with E-state index in [4.69, 9.17) is 16.3 Å². The molecule has 0 aromatic heterocycles. The van der Waals surface area contributed by atoms with Gasteiger partial charge in [0.05, 0.1) is 5.02 Å². The molecule has 1 N–H and O–H groups in total. The van der Waals surface area contributed by atoms with E-state index in [-0.39, 0.29) is 5.75 Å². The van der Waals surface area contributed by atoms with E-state index >= 15 is 0 Å². The van der Waals surface area contributed by atoms with Crippen LogP contribution in [-0.4, -0.2) is 5.11 Å². The van der Waals surface area contributed by atoms with Gasteiger partial charge in [0.25, 0.3) is 0 Å². The van der Waals surface area contributed by atoms with Crippen molar-refractivity contribution in [1.29, 1.82) is 0 Å². The summed E-state index contributed by atoms with van der Waals surface area (Å²) in [4.78, 5) is 0. The molecular formula is C13H11ClO2. The van der Waals surface area contributed by atoms with Gasteiger partial charge in [0.1, 0.15) is 5.75 Å². The lowest BCUT2D eigenvalue weighted by molar-refractivity contribution is 0.411. The van der Waals surface area contributed by atoms with Crippen LogP contribution < -0.4 is 4.74 Å². The van der Waals surface area contributed by atoms with Crippen LogP contribution in [0, 0.1) is 6.92 Å². The average Bonchev–Trinajstić information content (AvgIpc) is 2.25. The van der Waals surface area contributed by atoms with Crippen LogP contribution in [0.15, 0.2) is 42.5 Å². The van der Waals surface area contributed by atoms with E-state index < -0.39 is 0 Å². The molecule has 0 aliphatic carbocycles. The molecule has 0 fully saturated rings. The summed E-state index contributed by atoms with van der Waals surface area (Å²) in [6.07, 6.45) is 0. The van der Waals surface area contributed by atoms with Crippen molar-refractivity contribution >= 4 is 11.6 Å². The summed E-state index contributed by atoms with van der Waals surface area (Å²) in [5.41, 5.74) is 1.06. The lowest BCUT2D eigenvalue weighted by atomic mass is 10.2. The quantitative estimate of drug-likeness (QED) is 0.846. The van der Waals surface area contributed by atoms with Crippen LogP contribution in [0.1, 0.15) is 5.56 Å². The van der Waals surface area contributed by atoms with Crippen LogP contribution in [-0.2, 0) is 0 Å². The Labute approximate surface area is 99.1 Å². The number of phenols is 1. The molecule has 0 heterocycles. The summed E-state index contributed by atoms with van der Waals surface area (Å²) < 4.78 is 5.51. The topological polar surface area (TPSA) is 29.5 Å². The Morgan fingerprint density at radius 1 is 1.06 bits per heavy atom. The summed E-state index contributed by atoms with van der Waals surface area (Å²) in [6.45, 7) is 1.95. The number of ether oxygens (including phenoxy) is 1. The normalized spacial score (nSPS) is 10.1. The first-order valence-corrected chi connectivity index (χ1v) is 5.26. The number of phenolic OH excluding ortho intramolecular Hbond substituents is 1. The van der Waals surface area contributed by atoms with Gasteiger partial charge in [-0.05, 0) is 36.8 Å². The molecule has 2 aromatic carbocycles. The van der Waals surface area contributed by atoms with E-state index in [9.17, 15) is 5.11 Å². The Kier molecular flexibility index (Phi) is 3.02. The van der Waals surface area contributed by atoms with E-state index in [0.29, 0.717) is 16.5 Å². The highest BCUT2D eigenvalue weighted by atomic mass is 35.5. The molecule has 82 valence electrons. The molecule has 2 rings (SSSR count). The van der Waals surface area contributed by atoms with Gasteiger partial charge < -0.3 is 9.84 Å². The highest BCUT2D eigenvalue weighted by Crippen LogP contribution is 2.34. The third-order valence-electron chi connectivity index (χ3n) is 2.17. The molecule has 0 atom stereocenters. The summed E-state index contributed by atoms with van der Waals surface area (Å²) >= 11 is 6.03. The standard InChI is InChI=1S/C13H11ClO2/c1-9-6-7-12(10(14)8-9)16-13-5-3-2-4-11(13)15/h2-8,15H,1H3. The molecule has 0 aliphatic heterocycles. The van der Waals surface area contributed by atoms with Crippen molar-refractivity contribution in [3.8, 4) is 17.2 Å². The minimum atomic E-state index is 0.0964. The SMILES string of the molecule is Cc1ccc(Oc2ccccc2O)c(Cl)c1. The van der Waals surface area contributed by atoms with Crippen LogP contribution in [0.5, 0.6) is 17.2 Å².